The summed E-state index contributed by atoms with van der Waals surface area (Å²) in [6.45, 7) is 4.12. The third-order valence-electron chi connectivity index (χ3n) is 1.70. The molecule has 0 aromatic heterocycles. The van der Waals surface area contributed by atoms with Crippen molar-refractivity contribution in [3.63, 3.8) is 0 Å². The molecular weight excluding hydrogens is 120 g/mol. The van der Waals surface area contributed by atoms with Gasteiger partial charge in [-0.1, -0.05) is 13.8 Å². The molecule has 1 saturated heterocycles. The van der Waals surface area contributed by atoms with E-state index < -0.39 is 0 Å². The van der Waals surface area contributed by atoms with Gasteiger partial charge < -0.3 is 0 Å². The molecule has 1 nitrogen and oxygen atoms in total. The quantitative estimate of drug-likeness (QED) is 0.492. The zero-order chi connectivity index (χ0) is 6.15. The number of hydrogen-bond donors (Lipinski definition) is 0. The molecule has 0 saturated carbocycles. The van der Waals surface area contributed by atoms with Crippen LogP contribution in [0.4, 0.5) is 0 Å². The highest BCUT2D eigenvalue weighted by Crippen LogP contribution is 2.27. The van der Waals surface area contributed by atoms with E-state index in [4.69, 9.17) is 0 Å². The SMILES string of the molecule is CC1SCC(=O)C1C. The fraction of sp³-hybridized carbons (Fsp3) is 0.833. The van der Waals surface area contributed by atoms with Crippen LogP contribution in [0.5, 0.6) is 0 Å². The fourth-order valence-electron chi connectivity index (χ4n) is 0.751. The van der Waals surface area contributed by atoms with E-state index in [1.165, 1.54) is 0 Å². The molecule has 46 valence electrons. The van der Waals surface area contributed by atoms with Gasteiger partial charge in [-0.2, -0.15) is 11.8 Å². The molecular formula is C6H10OS. The Morgan fingerprint density at radius 1 is 1.62 bits per heavy atom. The molecule has 0 aromatic rings. The number of hydrogen-bond acceptors (Lipinski definition) is 2. The molecule has 2 atom stereocenters. The smallest absolute Gasteiger partial charge is 0.146 e. The summed E-state index contributed by atoms with van der Waals surface area (Å²) in [4.78, 5) is 10.8. The van der Waals surface area contributed by atoms with Gasteiger partial charge in [-0.05, 0) is 0 Å². The van der Waals surface area contributed by atoms with Gasteiger partial charge in [0.15, 0.2) is 0 Å². The number of carbonyl (C=O) groups is 1. The maximum Gasteiger partial charge on any atom is 0.146 e. The van der Waals surface area contributed by atoms with Gasteiger partial charge in [0.25, 0.3) is 0 Å². The van der Waals surface area contributed by atoms with Gasteiger partial charge in [-0.3, -0.25) is 4.79 Å². The van der Waals surface area contributed by atoms with Crippen molar-refractivity contribution in [1.29, 1.82) is 0 Å². The maximum absolute atomic E-state index is 10.8. The monoisotopic (exact) mass is 130 g/mol. The van der Waals surface area contributed by atoms with Crippen molar-refractivity contribution in [2.75, 3.05) is 5.75 Å². The number of rotatable bonds is 0. The largest absolute Gasteiger partial charge is 0.298 e. The van der Waals surface area contributed by atoms with Crippen LogP contribution in [0.1, 0.15) is 13.8 Å². The molecule has 8 heavy (non-hydrogen) atoms. The van der Waals surface area contributed by atoms with Crippen molar-refractivity contribution < 1.29 is 4.79 Å². The molecule has 0 aliphatic carbocycles. The Balaban J connectivity index is 2.56. The van der Waals surface area contributed by atoms with Crippen molar-refractivity contribution in [2.45, 2.75) is 19.1 Å². The second-order valence-electron chi connectivity index (χ2n) is 2.27. The van der Waals surface area contributed by atoms with Crippen molar-refractivity contribution in [2.24, 2.45) is 5.92 Å². The molecule has 2 unspecified atom stereocenters. The Morgan fingerprint density at radius 3 is 2.38 bits per heavy atom. The minimum absolute atomic E-state index is 0.306. The van der Waals surface area contributed by atoms with E-state index in [1.54, 1.807) is 11.8 Å². The molecule has 0 radical (unpaired) electrons. The lowest BCUT2D eigenvalue weighted by atomic mass is 10.1. The highest BCUT2D eigenvalue weighted by Gasteiger charge is 2.27. The van der Waals surface area contributed by atoms with Gasteiger partial charge in [0, 0.05) is 11.2 Å². The Morgan fingerprint density at radius 2 is 2.25 bits per heavy atom. The highest BCUT2D eigenvalue weighted by atomic mass is 32.2. The van der Waals surface area contributed by atoms with Gasteiger partial charge in [0.2, 0.25) is 0 Å². The van der Waals surface area contributed by atoms with E-state index in [-0.39, 0.29) is 0 Å². The standard InChI is InChI=1S/C6H10OS/c1-4-5(2)8-3-6(4)7/h4-5H,3H2,1-2H3. The third-order valence-corrected chi connectivity index (χ3v) is 3.09. The maximum atomic E-state index is 10.8. The van der Waals surface area contributed by atoms with Gasteiger partial charge >= 0.3 is 0 Å². The van der Waals surface area contributed by atoms with Crippen LogP contribution in [0.25, 0.3) is 0 Å². The Kier molecular flexibility index (Phi) is 1.61. The normalized spacial score (nSPS) is 38.5. The Hall–Kier alpha value is 0.0200. The first-order chi connectivity index (χ1) is 3.72. The second kappa shape index (κ2) is 2.09. The number of Topliss-reactive ketones (excluding diaryl/α,β-unsaturated/α-hetero) is 1. The summed E-state index contributed by atoms with van der Waals surface area (Å²) in [6.07, 6.45) is 0. The van der Waals surface area contributed by atoms with Crippen LogP contribution in [-0.2, 0) is 4.79 Å². The summed E-state index contributed by atoms with van der Waals surface area (Å²) in [6, 6.07) is 0. The summed E-state index contributed by atoms with van der Waals surface area (Å²) < 4.78 is 0. The first kappa shape index (κ1) is 6.14. The van der Waals surface area contributed by atoms with Crippen LogP contribution in [0.2, 0.25) is 0 Å². The molecule has 2 heteroatoms. The van der Waals surface area contributed by atoms with Crippen molar-refractivity contribution in [3.05, 3.63) is 0 Å². The summed E-state index contributed by atoms with van der Waals surface area (Å²) in [7, 11) is 0. The number of thioether (sulfide) groups is 1. The lowest BCUT2D eigenvalue weighted by Crippen LogP contribution is -2.11. The minimum Gasteiger partial charge on any atom is -0.298 e. The summed E-state index contributed by atoms with van der Waals surface area (Å²) in [5, 5.41) is 0.558. The van der Waals surface area contributed by atoms with Crippen LogP contribution in [0.3, 0.4) is 0 Å². The van der Waals surface area contributed by atoms with Crippen molar-refractivity contribution >= 4 is 17.5 Å². The predicted octanol–water partition coefficient (Wildman–Crippen LogP) is 1.33. The molecule has 1 rings (SSSR count). The second-order valence-corrected chi connectivity index (χ2v) is 3.64. The van der Waals surface area contributed by atoms with Gasteiger partial charge in [0.1, 0.15) is 5.78 Å². The van der Waals surface area contributed by atoms with Crippen LogP contribution >= 0.6 is 11.8 Å². The van der Waals surface area contributed by atoms with Crippen molar-refractivity contribution in [1.82, 2.24) is 0 Å². The number of carbonyl (C=O) groups excluding carboxylic acids is 1. The van der Waals surface area contributed by atoms with Crippen molar-refractivity contribution in [3.8, 4) is 0 Å². The lowest BCUT2D eigenvalue weighted by molar-refractivity contribution is -0.119. The summed E-state index contributed by atoms with van der Waals surface area (Å²) in [5.41, 5.74) is 0. The average molecular weight is 130 g/mol. The zero-order valence-corrected chi connectivity index (χ0v) is 5.99. The zero-order valence-electron chi connectivity index (χ0n) is 5.18. The van der Waals surface area contributed by atoms with E-state index in [0.29, 0.717) is 17.0 Å². The van der Waals surface area contributed by atoms with Gasteiger partial charge in [-0.15, -0.1) is 0 Å². The first-order valence-electron chi connectivity index (χ1n) is 2.86. The van der Waals surface area contributed by atoms with Gasteiger partial charge in [0.05, 0.1) is 5.75 Å². The third kappa shape index (κ3) is 0.895. The van der Waals surface area contributed by atoms with Crippen LogP contribution in [0.15, 0.2) is 0 Å². The van der Waals surface area contributed by atoms with Gasteiger partial charge in [-0.25, -0.2) is 0 Å². The molecule has 1 aliphatic rings. The van der Waals surface area contributed by atoms with Crippen LogP contribution in [-0.4, -0.2) is 16.8 Å². The van der Waals surface area contributed by atoms with Crippen LogP contribution in [0, 0.1) is 5.92 Å². The molecule has 0 N–H and O–H groups in total. The topological polar surface area (TPSA) is 17.1 Å². The summed E-state index contributed by atoms with van der Waals surface area (Å²) >= 11 is 1.76. The van der Waals surface area contributed by atoms with E-state index in [1.807, 2.05) is 6.92 Å². The van der Waals surface area contributed by atoms with E-state index in [2.05, 4.69) is 6.92 Å². The molecule has 1 aliphatic heterocycles. The summed E-state index contributed by atoms with van der Waals surface area (Å²) in [5.74, 6) is 1.46. The van der Waals surface area contributed by atoms with E-state index in [0.717, 1.165) is 5.75 Å². The predicted molar refractivity (Wildman–Crippen MR) is 36.1 cm³/mol. The number of ketones is 1. The minimum atomic E-state index is 0.306. The molecule has 0 amide bonds. The lowest BCUT2D eigenvalue weighted by Gasteiger charge is -2.02. The fourth-order valence-corrected chi connectivity index (χ4v) is 1.88. The highest BCUT2D eigenvalue weighted by molar-refractivity contribution is 8.01. The molecule has 0 bridgehead atoms. The average Bonchev–Trinajstić information content (AvgIpc) is 1.98. The molecule has 1 heterocycles. The Bertz CT molecular complexity index is 111. The van der Waals surface area contributed by atoms with Crippen LogP contribution < -0.4 is 0 Å². The first-order valence-corrected chi connectivity index (χ1v) is 3.91. The molecule has 0 spiro atoms. The molecule has 1 fully saturated rings. The van der Waals surface area contributed by atoms with E-state index in [9.17, 15) is 4.79 Å². The Labute approximate surface area is 53.8 Å². The molecule has 0 aromatic carbocycles. The van der Waals surface area contributed by atoms with E-state index >= 15 is 0 Å².